The summed E-state index contributed by atoms with van der Waals surface area (Å²) in [6.45, 7) is 4.36. The molecule has 0 saturated heterocycles. The highest BCUT2D eigenvalue weighted by atomic mass is 32.2. The Morgan fingerprint density at radius 1 is 1.62 bits per heavy atom. The van der Waals surface area contributed by atoms with E-state index in [0.717, 1.165) is 17.2 Å². The van der Waals surface area contributed by atoms with Crippen LogP contribution in [0.2, 0.25) is 0 Å². The van der Waals surface area contributed by atoms with Gasteiger partial charge in [-0.05, 0) is 25.3 Å². The molecular formula is C10H16N2S. The van der Waals surface area contributed by atoms with Gasteiger partial charge in [-0.15, -0.1) is 0 Å². The van der Waals surface area contributed by atoms with Crippen LogP contribution in [0.4, 0.5) is 0 Å². The summed E-state index contributed by atoms with van der Waals surface area (Å²) in [6.07, 6.45) is 3.62. The molecule has 3 heteroatoms. The average molecular weight is 196 g/mol. The summed E-state index contributed by atoms with van der Waals surface area (Å²) < 4.78 is 0. The molecule has 0 bridgehead atoms. The maximum absolute atomic E-state index is 4.33. The Balaban J connectivity index is 2.71. The van der Waals surface area contributed by atoms with Gasteiger partial charge in [0.25, 0.3) is 0 Å². The third-order valence-electron chi connectivity index (χ3n) is 2.06. The van der Waals surface area contributed by atoms with Crippen LogP contribution in [0.15, 0.2) is 21.3 Å². The first-order valence-electron chi connectivity index (χ1n) is 4.65. The van der Waals surface area contributed by atoms with Gasteiger partial charge in [0.2, 0.25) is 0 Å². The van der Waals surface area contributed by atoms with E-state index in [1.807, 2.05) is 12.6 Å². The van der Waals surface area contributed by atoms with Gasteiger partial charge in [-0.1, -0.05) is 25.1 Å². The summed E-state index contributed by atoms with van der Waals surface area (Å²) in [4.78, 5) is 8.52. The molecule has 0 N–H and O–H groups in total. The number of hydrogen-bond acceptors (Lipinski definition) is 3. The van der Waals surface area contributed by atoms with E-state index in [2.05, 4.69) is 23.8 Å². The Morgan fingerprint density at radius 2 is 2.38 bits per heavy atom. The minimum absolute atomic E-state index is 1.06. The van der Waals surface area contributed by atoms with Crippen molar-refractivity contribution >= 4 is 22.4 Å². The molecule has 0 radical (unpaired) electrons. The zero-order valence-corrected chi connectivity index (χ0v) is 9.32. The maximum Gasteiger partial charge on any atom is 0.121 e. The third kappa shape index (κ3) is 2.69. The molecule has 0 amide bonds. The number of aliphatic imine (C=N–C) groups is 2. The van der Waals surface area contributed by atoms with Crippen LogP contribution in [0.25, 0.3) is 0 Å². The summed E-state index contributed by atoms with van der Waals surface area (Å²) >= 11 is 1.61. The molecule has 0 aromatic rings. The summed E-state index contributed by atoms with van der Waals surface area (Å²) in [6, 6.07) is 0. The van der Waals surface area contributed by atoms with E-state index < -0.39 is 0 Å². The van der Waals surface area contributed by atoms with Crippen LogP contribution in [0.3, 0.4) is 0 Å². The molecule has 0 fully saturated rings. The molecule has 0 aromatic carbocycles. The van der Waals surface area contributed by atoms with Crippen molar-refractivity contribution in [3.05, 3.63) is 11.3 Å². The minimum atomic E-state index is 1.06. The fourth-order valence-corrected chi connectivity index (χ4v) is 1.95. The van der Waals surface area contributed by atoms with Gasteiger partial charge >= 0.3 is 0 Å². The number of nitrogens with zero attached hydrogens (tertiary/aromatic N) is 2. The van der Waals surface area contributed by atoms with E-state index in [1.54, 1.807) is 11.8 Å². The average Bonchev–Trinajstić information content (AvgIpc) is 2.61. The molecular weight excluding hydrogens is 180 g/mol. The third-order valence-corrected chi connectivity index (χ3v) is 2.87. The van der Waals surface area contributed by atoms with Crippen LogP contribution < -0.4 is 0 Å². The topological polar surface area (TPSA) is 24.7 Å². The quantitative estimate of drug-likeness (QED) is 0.680. The van der Waals surface area contributed by atoms with Crippen molar-refractivity contribution in [2.45, 2.75) is 33.1 Å². The van der Waals surface area contributed by atoms with E-state index >= 15 is 0 Å². The first kappa shape index (κ1) is 10.5. The van der Waals surface area contributed by atoms with E-state index in [9.17, 15) is 0 Å². The lowest BCUT2D eigenvalue weighted by atomic mass is 10.1. The lowest BCUT2D eigenvalue weighted by molar-refractivity contribution is 0.783. The second kappa shape index (κ2) is 5.22. The van der Waals surface area contributed by atoms with Crippen molar-refractivity contribution < 1.29 is 0 Å². The van der Waals surface area contributed by atoms with Gasteiger partial charge in [0.05, 0.1) is 11.2 Å². The number of hydrogen-bond donors (Lipinski definition) is 0. The Labute approximate surface area is 84.2 Å². The van der Waals surface area contributed by atoms with Crippen molar-refractivity contribution in [1.29, 1.82) is 0 Å². The molecule has 1 heterocycles. The van der Waals surface area contributed by atoms with Gasteiger partial charge in [-0.25, -0.2) is 4.99 Å². The number of unbranched alkanes of at least 4 members (excludes halogenated alkanes) is 1. The molecule has 0 saturated carbocycles. The molecule has 1 aliphatic heterocycles. The van der Waals surface area contributed by atoms with Gasteiger partial charge < -0.3 is 0 Å². The monoisotopic (exact) mass is 196 g/mol. The fraction of sp³-hybridized carbons (Fsp3) is 0.600. The lowest BCUT2D eigenvalue weighted by Crippen LogP contribution is -1.94. The van der Waals surface area contributed by atoms with Crippen LogP contribution in [0.5, 0.6) is 0 Å². The molecule has 0 atom stereocenters. The van der Waals surface area contributed by atoms with Gasteiger partial charge in [-0.2, -0.15) is 0 Å². The highest BCUT2D eigenvalue weighted by molar-refractivity contribution is 8.26. The van der Waals surface area contributed by atoms with E-state index in [-0.39, 0.29) is 0 Å². The molecule has 1 rings (SSSR count). The van der Waals surface area contributed by atoms with Crippen molar-refractivity contribution in [1.82, 2.24) is 0 Å². The largest absolute Gasteiger partial charge is 0.279 e. The van der Waals surface area contributed by atoms with Gasteiger partial charge in [-0.3, -0.25) is 4.99 Å². The van der Waals surface area contributed by atoms with Crippen molar-refractivity contribution in [2.24, 2.45) is 9.98 Å². The SMILES string of the molecule is CCCC/C(C)=C1/N=CSC1=NC. The van der Waals surface area contributed by atoms with Crippen LogP contribution in [-0.2, 0) is 0 Å². The predicted octanol–water partition coefficient (Wildman–Crippen LogP) is 3.25. The normalized spacial score (nSPS) is 22.8. The zero-order valence-electron chi connectivity index (χ0n) is 8.50. The fourth-order valence-electron chi connectivity index (χ4n) is 1.25. The Bertz CT molecular complexity index is 264. The van der Waals surface area contributed by atoms with Crippen LogP contribution in [0.1, 0.15) is 33.1 Å². The molecule has 2 nitrogen and oxygen atoms in total. The zero-order chi connectivity index (χ0) is 9.68. The standard InChI is InChI=1S/C10H16N2S/c1-4-5-6-8(2)9-10(11-3)13-7-12-9/h7H,4-6H2,1-3H3/b9-8+,11-10?. The van der Waals surface area contributed by atoms with E-state index in [4.69, 9.17) is 0 Å². The molecule has 0 aliphatic carbocycles. The maximum atomic E-state index is 4.33. The minimum Gasteiger partial charge on any atom is -0.279 e. The number of allylic oxidation sites excluding steroid dienone is 1. The smallest absolute Gasteiger partial charge is 0.121 e. The molecule has 1 aliphatic rings. The Morgan fingerprint density at radius 3 is 3.00 bits per heavy atom. The lowest BCUT2D eigenvalue weighted by Gasteiger charge is -2.03. The highest BCUT2D eigenvalue weighted by Gasteiger charge is 2.13. The van der Waals surface area contributed by atoms with Gasteiger partial charge in [0, 0.05) is 7.05 Å². The van der Waals surface area contributed by atoms with Crippen molar-refractivity contribution in [3.8, 4) is 0 Å². The second-order valence-corrected chi connectivity index (χ2v) is 3.95. The Kier molecular flexibility index (Phi) is 4.22. The van der Waals surface area contributed by atoms with Gasteiger partial charge in [0.1, 0.15) is 5.04 Å². The summed E-state index contributed by atoms with van der Waals surface area (Å²) in [5.41, 5.74) is 4.33. The summed E-state index contributed by atoms with van der Waals surface area (Å²) in [7, 11) is 1.82. The first-order chi connectivity index (χ1) is 6.29. The molecule has 0 aromatic heterocycles. The summed E-state index contributed by atoms with van der Waals surface area (Å²) in [5.74, 6) is 0. The van der Waals surface area contributed by atoms with Crippen molar-refractivity contribution in [2.75, 3.05) is 7.05 Å². The Hall–Kier alpha value is -0.570. The molecule has 0 unspecified atom stereocenters. The molecule has 0 spiro atoms. The van der Waals surface area contributed by atoms with Crippen molar-refractivity contribution in [3.63, 3.8) is 0 Å². The summed E-state index contributed by atoms with van der Waals surface area (Å²) in [5, 5.41) is 1.06. The van der Waals surface area contributed by atoms with E-state index in [0.29, 0.717) is 0 Å². The van der Waals surface area contributed by atoms with Gasteiger partial charge in [0.15, 0.2) is 0 Å². The van der Waals surface area contributed by atoms with Crippen LogP contribution in [-0.4, -0.2) is 17.6 Å². The second-order valence-electron chi connectivity index (χ2n) is 3.11. The molecule has 13 heavy (non-hydrogen) atoms. The number of thioether (sulfide) groups is 1. The predicted molar refractivity (Wildman–Crippen MR) is 61.7 cm³/mol. The number of rotatable bonds is 3. The van der Waals surface area contributed by atoms with Crippen LogP contribution >= 0.6 is 11.8 Å². The van der Waals surface area contributed by atoms with Crippen LogP contribution in [0, 0.1) is 0 Å². The molecule has 72 valence electrons. The highest BCUT2D eigenvalue weighted by Crippen LogP contribution is 2.24. The van der Waals surface area contributed by atoms with E-state index in [1.165, 1.54) is 18.4 Å². The first-order valence-corrected chi connectivity index (χ1v) is 5.53.